The van der Waals surface area contributed by atoms with Crippen LogP contribution in [-0.2, 0) is 19.2 Å². The first kappa shape index (κ1) is 14.1. The summed E-state index contributed by atoms with van der Waals surface area (Å²) in [5.74, 6) is -0.616. The molecule has 0 amide bonds. The third-order valence-corrected chi connectivity index (χ3v) is 2.58. The van der Waals surface area contributed by atoms with Crippen LogP contribution in [0.5, 0.6) is 0 Å². The van der Waals surface area contributed by atoms with Crippen LogP contribution in [0.4, 0.5) is 5.13 Å². The average Bonchev–Trinajstić information content (AvgIpc) is 2.75. The van der Waals surface area contributed by atoms with Crippen molar-refractivity contribution in [3.63, 3.8) is 0 Å². The predicted octanol–water partition coefficient (Wildman–Crippen LogP) is 0.507. The lowest BCUT2D eigenvalue weighted by Gasteiger charge is -2.18. The van der Waals surface area contributed by atoms with E-state index in [4.69, 9.17) is 10.6 Å². The molecule has 97 valence electrons. The lowest BCUT2D eigenvalue weighted by molar-refractivity contribution is -0.164. The second-order valence-electron chi connectivity index (χ2n) is 3.71. The summed E-state index contributed by atoms with van der Waals surface area (Å²) < 4.78 is 4.53. The van der Waals surface area contributed by atoms with E-state index in [0.29, 0.717) is 5.13 Å². The number of hydrogen-bond donors (Lipinski definition) is 1. The largest absolute Gasteiger partial charge is 0.466 e. The van der Waals surface area contributed by atoms with Gasteiger partial charge in [0.25, 0.3) is 6.29 Å². The van der Waals surface area contributed by atoms with Gasteiger partial charge >= 0.3 is 5.97 Å². The van der Waals surface area contributed by atoms with Crippen LogP contribution in [-0.4, -0.2) is 35.7 Å². The minimum absolute atomic E-state index is 0.167. The van der Waals surface area contributed by atoms with Crippen molar-refractivity contribution in [2.45, 2.75) is 19.4 Å². The predicted molar refractivity (Wildman–Crippen MR) is 65.9 cm³/mol. The molecule has 0 aromatic carbocycles. The Hall–Kier alpha value is -1.96. The van der Waals surface area contributed by atoms with E-state index < -0.39 is 11.6 Å². The molecule has 1 rings (SSSR count). The van der Waals surface area contributed by atoms with Gasteiger partial charge in [-0.25, -0.2) is 9.78 Å². The fourth-order valence-electron chi connectivity index (χ4n) is 0.957. The number of hydrogen-bond acceptors (Lipinski definition) is 8. The van der Waals surface area contributed by atoms with Gasteiger partial charge in [-0.2, -0.15) is 0 Å². The van der Waals surface area contributed by atoms with E-state index in [-0.39, 0.29) is 11.4 Å². The summed E-state index contributed by atoms with van der Waals surface area (Å²) in [6.45, 7) is 2.92. The Balaban J connectivity index is 2.87. The molecule has 0 atom stereocenters. The second-order valence-corrected chi connectivity index (χ2v) is 4.60. The molecule has 1 aromatic rings. The number of aromatic nitrogens is 1. The average molecular weight is 270 g/mol. The normalized spacial score (nSPS) is 12.1. The number of nitrogens with zero attached hydrogens (tertiary/aromatic N) is 2. The topological polar surface area (TPSA) is 104 Å². The van der Waals surface area contributed by atoms with E-state index >= 15 is 0 Å². The summed E-state index contributed by atoms with van der Waals surface area (Å²) in [7, 11) is 1.23. The molecule has 0 saturated carbocycles. The minimum atomic E-state index is -1.31. The number of carbonyl (C=O) groups is 1. The minimum Gasteiger partial charge on any atom is -0.466 e. The number of carbonyl (C=O) groups excluding carboxylic acids is 2. The lowest BCUT2D eigenvalue weighted by Crippen LogP contribution is -2.34. The van der Waals surface area contributed by atoms with Gasteiger partial charge in [-0.05, 0) is 13.8 Å². The molecular formula is C10H12N3O4S. The maximum atomic E-state index is 11.3. The molecule has 0 aliphatic heterocycles. The Morgan fingerprint density at radius 1 is 1.61 bits per heavy atom. The van der Waals surface area contributed by atoms with Crippen LogP contribution in [0.1, 0.15) is 19.5 Å². The maximum absolute atomic E-state index is 11.3. The van der Waals surface area contributed by atoms with Gasteiger partial charge in [0.1, 0.15) is 5.69 Å². The van der Waals surface area contributed by atoms with Gasteiger partial charge in [0.05, 0.1) is 7.11 Å². The van der Waals surface area contributed by atoms with Crippen LogP contribution >= 0.6 is 11.3 Å². The number of anilines is 1. The van der Waals surface area contributed by atoms with Crippen molar-refractivity contribution >= 4 is 34.4 Å². The smallest absolute Gasteiger partial charge is 0.352 e. The highest BCUT2D eigenvalue weighted by molar-refractivity contribution is 7.13. The van der Waals surface area contributed by atoms with E-state index in [2.05, 4.69) is 14.9 Å². The van der Waals surface area contributed by atoms with Crippen molar-refractivity contribution < 1.29 is 19.2 Å². The zero-order valence-electron chi connectivity index (χ0n) is 10.1. The lowest BCUT2D eigenvalue weighted by atomic mass is 10.1. The molecule has 0 saturated heterocycles. The zero-order chi connectivity index (χ0) is 13.8. The third kappa shape index (κ3) is 3.27. The van der Waals surface area contributed by atoms with Gasteiger partial charge in [0.15, 0.2) is 10.8 Å². The second kappa shape index (κ2) is 5.58. The molecule has 8 heteroatoms. The maximum Gasteiger partial charge on any atom is 0.352 e. The van der Waals surface area contributed by atoms with Gasteiger partial charge in [0, 0.05) is 5.38 Å². The van der Waals surface area contributed by atoms with Gasteiger partial charge < -0.3 is 15.3 Å². The van der Waals surface area contributed by atoms with Crippen LogP contribution in [0.25, 0.3) is 0 Å². The number of oxime groups is 1. The molecular weight excluding hydrogens is 258 g/mol. The van der Waals surface area contributed by atoms with Crippen molar-refractivity contribution in [1.29, 1.82) is 0 Å². The fourth-order valence-corrected chi connectivity index (χ4v) is 1.50. The Labute approximate surface area is 108 Å². The first-order valence-corrected chi connectivity index (χ1v) is 5.72. The van der Waals surface area contributed by atoms with E-state index in [1.165, 1.54) is 26.3 Å². The summed E-state index contributed by atoms with van der Waals surface area (Å²) in [4.78, 5) is 30.9. The van der Waals surface area contributed by atoms with Crippen LogP contribution in [0, 0.1) is 0 Å². The number of methoxy groups -OCH3 is 1. The Bertz CT molecular complexity index is 481. The van der Waals surface area contributed by atoms with Crippen molar-refractivity contribution in [3.8, 4) is 0 Å². The molecule has 0 unspecified atom stereocenters. The number of ether oxygens (including phenoxy) is 1. The monoisotopic (exact) mass is 270 g/mol. The SMILES string of the molecule is COC(=O)C(C)(C)O/N=C(\[C]=O)c1csc(N)n1. The Kier molecular flexibility index (Phi) is 4.38. The van der Waals surface area contributed by atoms with Crippen LogP contribution in [0.15, 0.2) is 10.5 Å². The first-order chi connectivity index (χ1) is 8.40. The number of esters is 1. The van der Waals surface area contributed by atoms with Crippen molar-refractivity contribution in [1.82, 2.24) is 4.98 Å². The first-order valence-electron chi connectivity index (χ1n) is 4.85. The van der Waals surface area contributed by atoms with Gasteiger partial charge in [0.2, 0.25) is 5.60 Å². The third-order valence-electron chi connectivity index (χ3n) is 1.90. The number of nitrogen functional groups attached to an aromatic ring is 1. The summed E-state index contributed by atoms with van der Waals surface area (Å²) in [6, 6.07) is 0. The quantitative estimate of drug-likeness (QED) is 0.475. The van der Waals surface area contributed by atoms with E-state index in [0.717, 1.165) is 11.3 Å². The number of thiazole rings is 1. The Morgan fingerprint density at radius 2 is 2.28 bits per heavy atom. The van der Waals surface area contributed by atoms with E-state index in [9.17, 15) is 9.59 Å². The summed E-state index contributed by atoms with van der Waals surface area (Å²) in [5, 5.41) is 5.37. The summed E-state index contributed by atoms with van der Waals surface area (Å²) in [6.07, 6.45) is 1.57. The molecule has 1 aromatic heterocycles. The Morgan fingerprint density at radius 3 is 2.72 bits per heavy atom. The van der Waals surface area contributed by atoms with E-state index in [1.807, 2.05) is 0 Å². The molecule has 0 aliphatic rings. The fraction of sp³-hybridized carbons (Fsp3) is 0.400. The molecule has 1 heterocycles. The molecule has 2 N–H and O–H groups in total. The van der Waals surface area contributed by atoms with Crippen molar-refractivity contribution in [2.75, 3.05) is 12.8 Å². The highest BCUT2D eigenvalue weighted by Gasteiger charge is 2.31. The molecule has 0 bridgehead atoms. The van der Waals surface area contributed by atoms with Gasteiger partial charge in [-0.15, -0.1) is 11.3 Å². The molecule has 0 fully saturated rings. The zero-order valence-corrected chi connectivity index (χ0v) is 10.9. The van der Waals surface area contributed by atoms with Gasteiger partial charge in [-0.1, -0.05) is 5.16 Å². The standard InChI is InChI=1S/C10H12N3O4S/c1-10(2,8(15)16-3)17-13-6(4-14)7-5-18-9(11)12-7/h5H,1-3H3,(H2,11,12)/b13-6+. The molecule has 0 spiro atoms. The molecule has 1 radical (unpaired) electrons. The number of rotatable bonds is 5. The highest BCUT2D eigenvalue weighted by Crippen LogP contribution is 2.14. The summed E-state index contributed by atoms with van der Waals surface area (Å²) >= 11 is 1.15. The van der Waals surface area contributed by atoms with Crippen LogP contribution < -0.4 is 5.73 Å². The van der Waals surface area contributed by atoms with Crippen molar-refractivity contribution in [3.05, 3.63) is 11.1 Å². The molecule has 18 heavy (non-hydrogen) atoms. The van der Waals surface area contributed by atoms with Crippen LogP contribution in [0.2, 0.25) is 0 Å². The van der Waals surface area contributed by atoms with Gasteiger partial charge in [-0.3, -0.25) is 4.79 Å². The van der Waals surface area contributed by atoms with Crippen LogP contribution in [0.3, 0.4) is 0 Å². The highest BCUT2D eigenvalue weighted by atomic mass is 32.1. The van der Waals surface area contributed by atoms with Crippen molar-refractivity contribution in [2.24, 2.45) is 5.16 Å². The molecule has 7 nitrogen and oxygen atoms in total. The number of nitrogens with two attached hydrogens (primary N) is 1. The molecule has 0 aliphatic carbocycles. The van der Waals surface area contributed by atoms with E-state index in [1.54, 1.807) is 6.29 Å². The summed E-state index contributed by atoms with van der Waals surface area (Å²) in [5.41, 5.74) is 4.20.